The highest BCUT2D eigenvalue weighted by Crippen LogP contribution is 2.32. The first-order valence-corrected chi connectivity index (χ1v) is 10.2. The first kappa shape index (κ1) is 20.9. The third kappa shape index (κ3) is 4.67. The molecular weight excluding hydrogens is 395 g/mol. The number of halogens is 3. The van der Waals surface area contributed by atoms with Gasteiger partial charge in [0, 0.05) is 56.6 Å². The fourth-order valence-electron chi connectivity index (χ4n) is 4.24. The lowest BCUT2D eigenvalue weighted by atomic mass is 10.00. The molecular formula is C21H26F3N5O. The molecule has 0 radical (unpaired) electrons. The Kier molecular flexibility index (Phi) is 5.84. The lowest BCUT2D eigenvalue weighted by molar-refractivity contribution is -0.137. The van der Waals surface area contributed by atoms with Crippen molar-refractivity contribution >= 4 is 11.5 Å². The Bertz CT molecular complexity index is 912. The summed E-state index contributed by atoms with van der Waals surface area (Å²) in [4.78, 5) is 11.6. The van der Waals surface area contributed by atoms with Crippen LogP contribution in [0.4, 0.5) is 24.7 Å². The van der Waals surface area contributed by atoms with Crippen LogP contribution in [0.2, 0.25) is 0 Å². The molecule has 0 bridgehead atoms. The summed E-state index contributed by atoms with van der Waals surface area (Å²) in [6.45, 7) is 5.26. The number of nitrogen functional groups attached to an aromatic ring is 1. The Morgan fingerprint density at radius 2 is 1.97 bits per heavy atom. The summed E-state index contributed by atoms with van der Waals surface area (Å²) in [5.74, 6) is 1.34. The number of anilines is 2. The zero-order valence-corrected chi connectivity index (χ0v) is 16.9. The van der Waals surface area contributed by atoms with Crippen molar-refractivity contribution in [1.29, 1.82) is 0 Å². The second-order valence-corrected chi connectivity index (χ2v) is 7.92. The van der Waals surface area contributed by atoms with Crippen LogP contribution in [0, 0.1) is 6.92 Å². The molecule has 1 aromatic carbocycles. The number of alkyl halides is 3. The molecule has 162 valence electrons. The van der Waals surface area contributed by atoms with Gasteiger partial charge in [0.25, 0.3) is 0 Å². The zero-order valence-electron chi connectivity index (χ0n) is 16.9. The summed E-state index contributed by atoms with van der Waals surface area (Å²) in [6.07, 6.45) is -1.58. The van der Waals surface area contributed by atoms with Crippen molar-refractivity contribution in [2.75, 3.05) is 30.8 Å². The van der Waals surface area contributed by atoms with Crippen LogP contribution in [-0.4, -0.2) is 40.7 Å². The molecule has 2 aliphatic rings. The van der Waals surface area contributed by atoms with Crippen LogP contribution in [-0.2, 0) is 30.4 Å². The Labute approximate surface area is 173 Å². The van der Waals surface area contributed by atoms with E-state index in [4.69, 9.17) is 10.5 Å². The molecule has 9 heteroatoms. The SMILES string of the molecule is Cc1nc2c(c(NCc3cc(N)cc(C(F)(F)F)c3)n1)CN(C1CCOCC1)CC2. The second-order valence-electron chi connectivity index (χ2n) is 7.92. The molecule has 0 amide bonds. The third-order valence-corrected chi connectivity index (χ3v) is 5.71. The van der Waals surface area contributed by atoms with E-state index < -0.39 is 11.7 Å². The number of rotatable bonds is 4. The first-order valence-electron chi connectivity index (χ1n) is 10.2. The monoisotopic (exact) mass is 421 g/mol. The van der Waals surface area contributed by atoms with E-state index in [9.17, 15) is 13.2 Å². The topological polar surface area (TPSA) is 76.3 Å². The van der Waals surface area contributed by atoms with Gasteiger partial charge in [-0.2, -0.15) is 13.2 Å². The summed E-state index contributed by atoms with van der Waals surface area (Å²) in [7, 11) is 0. The summed E-state index contributed by atoms with van der Waals surface area (Å²) in [6, 6.07) is 4.10. The Balaban J connectivity index is 1.54. The number of nitrogens with one attached hydrogen (secondary N) is 1. The van der Waals surface area contributed by atoms with E-state index in [2.05, 4.69) is 20.2 Å². The van der Waals surface area contributed by atoms with Gasteiger partial charge in [-0.1, -0.05) is 0 Å². The van der Waals surface area contributed by atoms with Crippen LogP contribution >= 0.6 is 0 Å². The van der Waals surface area contributed by atoms with Crippen molar-refractivity contribution in [3.63, 3.8) is 0 Å². The van der Waals surface area contributed by atoms with Crippen molar-refractivity contribution < 1.29 is 17.9 Å². The summed E-state index contributed by atoms with van der Waals surface area (Å²) in [5, 5.41) is 3.23. The Morgan fingerprint density at radius 1 is 1.20 bits per heavy atom. The van der Waals surface area contributed by atoms with E-state index >= 15 is 0 Å². The molecule has 1 fully saturated rings. The van der Waals surface area contributed by atoms with Gasteiger partial charge in [-0.3, -0.25) is 4.90 Å². The quantitative estimate of drug-likeness (QED) is 0.736. The molecule has 0 saturated carbocycles. The third-order valence-electron chi connectivity index (χ3n) is 5.71. The van der Waals surface area contributed by atoms with Crippen molar-refractivity contribution in [3.05, 3.63) is 46.4 Å². The van der Waals surface area contributed by atoms with E-state index in [0.29, 0.717) is 23.2 Å². The highest BCUT2D eigenvalue weighted by molar-refractivity contribution is 5.50. The summed E-state index contributed by atoms with van der Waals surface area (Å²) >= 11 is 0. The van der Waals surface area contributed by atoms with Gasteiger partial charge >= 0.3 is 6.18 Å². The van der Waals surface area contributed by atoms with Crippen LogP contribution < -0.4 is 11.1 Å². The van der Waals surface area contributed by atoms with E-state index in [0.717, 1.165) is 69.0 Å². The highest BCUT2D eigenvalue weighted by Gasteiger charge is 2.31. The van der Waals surface area contributed by atoms with E-state index in [1.165, 1.54) is 0 Å². The zero-order chi connectivity index (χ0) is 21.3. The maximum Gasteiger partial charge on any atom is 0.416 e. The molecule has 3 N–H and O–H groups in total. The minimum absolute atomic E-state index is 0.0909. The number of hydrogen-bond donors (Lipinski definition) is 2. The molecule has 6 nitrogen and oxygen atoms in total. The second kappa shape index (κ2) is 8.39. The molecule has 2 aromatic rings. The average Bonchev–Trinajstić information content (AvgIpc) is 2.71. The van der Waals surface area contributed by atoms with Crippen LogP contribution in [0.1, 0.15) is 41.1 Å². The molecule has 0 atom stereocenters. The minimum Gasteiger partial charge on any atom is -0.399 e. The number of hydrogen-bond acceptors (Lipinski definition) is 6. The highest BCUT2D eigenvalue weighted by atomic mass is 19.4. The lowest BCUT2D eigenvalue weighted by Crippen LogP contribution is -2.43. The smallest absolute Gasteiger partial charge is 0.399 e. The molecule has 30 heavy (non-hydrogen) atoms. The number of aromatic nitrogens is 2. The summed E-state index contributed by atoms with van der Waals surface area (Å²) < 4.78 is 44.8. The van der Waals surface area contributed by atoms with E-state index in [1.807, 2.05) is 6.92 Å². The molecule has 0 aliphatic carbocycles. The van der Waals surface area contributed by atoms with Gasteiger partial charge in [-0.15, -0.1) is 0 Å². The Morgan fingerprint density at radius 3 is 2.70 bits per heavy atom. The van der Waals surface area contributed by atoms with Crippen LogP contribution in [0.15, 0.2) is 18.2 Å². The maximum absolute atomic E-state index is 13.1. The number of ether oxygens (including phenoxy) is 1. The number of fused-ring (bicyclic) bond motifs is 1. The predicted molar refractivity (Wildman–Crippen MR) is 108 cm³/mol. The van der Waals surface area contributed by atoms with Gasteiger partial charge in [-0.25, -0.2) is 9.97 Å². The summed E-state index contributed by atoms with van der Waals surface area (Å²) in [5.41, 5.74) is 7.54. The van der Waals surface area contributed by atoms with Gasteiger partial charge in [-0.05, 0) is 43.5 Å². The van der Waals surface area contributed by atoms with Crippen LogP contribution in [0.25, 0.3) is 0 Å². The number of benzene rings is 1. The molecule has 1 saturated heterocycles. The fraction of sp³-hybridized carbons (Fsp3) is 0.524. The molecule has 3 heterocycles. The normalized spacial score (nSPS) is 18.3. The first-order chi connectivity index (χ1) is 14.3. The standard InChI is InChI=1S/C21H26F3N5O/c1-13-27-19-2-5-29(17-3-6-30-7-4-17)12-18(19)20(28-13)26-11-14-8-15(21(22,23)24)10-16(25)9-14/h8-10,17H,2-7,11-12,25H2,1H3,(H,26,27,28). The predicted octanol–water partition coefficient (Wildman–Crippen LogP) is 3.54. The number of nitrogens with zero attached hydrogens (tertiary/aromatic N) is 3. The van der Waals surface area contributed by atoms with Gasteiger partial charge in [0.05, 0.1) is 11.3 Å². The molecule has 1 aromatic heterocycles. The van der Waals surface area contributed by atoms with Crippen LogP contribution in [0.5, 0.6) is 0 Å². The average molecular weight is 421 g/mol. The van der Waals surface area contributed by atoms with Gasteiger partial charge in [0.15, 0.2) is 0 Å². The van der Waals surface area contributed by atoms with Crippen molar-refractivity contribution in [2.45, 2.75) is 51.5 Å². The molecule has 2 aliphatic heterocycles. The van der Waals surface area contributed by atoms with Gasteiger partial charge in [0.1, 0.15) is 11.6 Å². The maximum atomic E-state index is 13.1. The number of nitrogens with two attached hydrogens (primary N) is 1. The number of aryl methyl sites for hydroxylation is 1. The lowest BCUT2D eigenvalue weighted by Gasteiger charge is -2.37. The molecule has 0 unspecified atom stereocenters. The van der Waals surface area contributed by atoms with Gasteiger partial charge < -0.3 is 15.8 Å². The van der Waals surface area contributed by atoms with E-state index in [1.54, 1.807) is 6.07 Å². The fourth-order valence-corrected chi connectivity index (χ4v) is 4.24. The largest absolute Gasteiger partial charge is 0.416 e. The molecule has 0 spiro atoms. The van der Waals surface area contributed by atoms with Crippen LogP contribution in [0.3, 0.4) is 0 Å². The van der Waals surface area contributed by atoms with Crippen molar-refractivity contribution in [2.24, 2.45) is 0 Å². The van der Waals surface area contributed by atoms with E-state index in [-0.39, 0.29) is 12.2 Å². The Hall–Kier alpha value is -2.39. The van der Waals surface area contributed by atoms with Crippen molar-refractivity contribution in [1.82, 2.24) is 14.9 Å². The van der Waals surface area contributed by atoms with Gasteiger partial charge in [0.2, 0.25) is 0 Å². The molecule has 4 rings (SSSR count). The van der Waals surface area contributed by atoms with Crippen molar-refractivity contribution in [3.8, 4) is 0 Å². The minimum atomic E-state index is -4.43.